The minimum Gasteiger partial charge on any atom is -0.508 e. The van der Waals surface area contributed by atoms with Crippen molar-refractivity contribution in [3.8, 4) is 5.75 Å². The number of carboxylic acids is 1. The lowest BCUT2D eigenvalue weighted by molar-refractivity contribution is -0.138. The number of carboxylic acid groups (broad SMARTS) is 1. The van der Waals surface area contributed by atoms with Crippen molar-refractivity contribution in [1.29, 1.82) is 0 Å². The summed E-state index contributed by atoms with van der Waals surface area (Å²) < 4.78 is 0. The van der Waals surface area contributed by atoms with Crippen molar-refractivity contribution < 1.29 is 19.8 Å². The Kier molecular flexibility index (Phi) is 6.97. The number of halogens is 1. The summed E-state index contributed by atoms with van der Waals surface area (Å²) in [7, 11) is 1.69. The number of benzene rings is 2. The van der Waals surface area contributed by atoms with E-state index in [0.29, 0.717) is 16.1 Å². The molecule has 0 radical (unpaired) electrons. The lowest BCUT2D eigenvalue weighted by atomic mass is 10.1. The van der Waals surface area contributed by atoms with E-state index in [4.69, 9.17) is 11.6 Å². The predicted octanol–water partition coefficient (Wildman–Crippen LogP) is 2.74. The highest BCUT2D eigenvalue weighted by atomic mass is 35.5. The monoisotopic (exact) mass is 429 g/mol. The molecule has 2 aromatic carbocycles. The number of allylic oxidation sites excluding steroid dienone is 1. The average Bonchev–Trinajstić information content (AvgIpc) is 3.54. The number of likely N-dealkylation sites (N-methyl/N-ethyl adjacent to an activating group) is 1. The first-order chi connectivity index (χ1) is 14.4. The molecular weight excluding hydrogens is 406 g/mol. The molecule has 1 aliphatic carbocycles. The van der Waals surface area contributed by atoms with Gasteiger partial charge in [0, 0.05) is 29.9 Å². The van der Waals surface area contributed by atoms with Crippen LogP contribution in [-0.2, 0) is 11.3 Å². The second kappa shape index (κ2) is 9.65. The Hall–Kier alpha value is -3.03. The van der Waals surface area contributed by atoms with Gasteiger partial charge in [-0.15, -0.1) is 0 Å². The molecule has 8 heteroatoms. The van der Waals surface area contributed by atoms with Crippen LogP contribution in [0.2, 0.25) is 5.02 Å². The van der Waals surface area contributed by atoms with Gasteiger partial charge in [-0.05, 0) is 55.3 Å². The molecule has 3 rings (SSSR count). The maximum atomic E-state index is 12.5. The first kappa shape index (κ1) is 21.7. The van der Waals surface area contributed by atoms with Crippen LogP contribution in [0.4, 0.5) is 0 Å². The molecule has 5 N–H and O–H groups in total. The number of rotatable bonds is 9. The normalized spacial score (nSPS) is 13.5. The number of carbonyl (C=O) groups excluding carboxylic acids is 1. The fourth-order valence-corrected chi connectivity index (χ4v) is 3.35. The third kappa shape index (κ3) is 5.52. The molecule has 7 nitrogen and oxygen atoms in total. The third-order valence-electron chi connectivity index (χ3n) is 4.74. The standard InChI is InChI=1S/C22H24ClN3O4/c1-24-12-19(22(29)30)26-20(14-5-6-14)17-8-7-15(10-18(17)23)21(28)25-11-13-3-2-4-16(27)9-13/h2-4,7-10,19,24,26-27H,5-6,11-12H2,1H3,(H,25,28)(H,29,30). The molecule has 1 unspecified atom stereocenters. The Morgan fingerprint density at radius 1 is 1.17 bits per heavy atom. The Bertz CT molecular complexity index is 984. The highest BCUT2D eigenvalue weighted by molar-refractivity contribution is 6.32. The first-order valence-electron chi connectivity index (χ1n) is 9.61. The van der Waals surface area contributed by atoms with Gasteiger partial charge in [-0.3, -0.25) is 4.79 Å². The number of phenolic OH excluding ortho intramolecular Hbond substituents is 1. The highest BCUT2D eigenvalue weighted by Crippen LogP contribution is 2.37. The second-order valence-corrected chi connectivity index (χ2v) is 7.53. The van der Waals surface area contributed by atoms with Crippen molar-refractivity contribution in [3.63, 3.8) is 0 Å². The first-order valence-corrected chi connectivity index (χ1v) is 9.99. The van der Waals surface area contributed by atoms with Gasteiger partial charge >= 0.3 is 5.97 Å². The molecule has 0 spiro atoms. The summed E-state index contributed by atoms with van der Waals surface area (Å²) in [6.45, 7) is 0.535. The molecule has 0 aliphatic heterocycles. The molecule has 1 fully saturated rings. The summed E-state index contributed by atoms with van der Waals surface area (Å²) in [6, 6.07) is 10.8. The van der Waals surface area contributed by atoms with Gasteiger partial charge in [0.2, 0.25) is 0 Å². The number of aliphatic carboxylic acids is 1. The second-order valence-electron chi connectivity index (χ2n) is 7.12. The van der Waals surface area contributed by atoms with Gasteiger partial charge in [0.25, 0.3) is 5.91 Å². The van der Waals surface area contributed by atoms with Crippen LogP contribution in [0.15, 0.2) is 48.0 Å². The van der Waals surface area contributed by atoms with Crippen LogP contribution in [0.25, 0.3) is 5.70 Å². The Balaban J connectivity index is 1.74. The number of hydrogen-bond acceptors (Lipinski definition) is 5. The van der Waals surface area contributed by atoms with E-state index in [2.05, 4.69) is 16.0 Å². The van der Waals surface area contributed by atoms with Crippen molar-refractivity contribution in [2.24, 2.45) is 0 Å². The summed E-state index contributed by atoms with van der Waals surface area (Å²) in [5, 5.41) is 28.1. The summed E-state index contributed by atoms with van der Waals surface area (Å²) in [4.78, 5) is 24.0. The van der Waals surface area contributed by atoms with Crippen LogP contribution in [0.1, 0.15) is 34.3 Å². The Morgan fingerprint density at radius 3 is 2.53 bits per heavy atom. The van der Waals surface area contributed by atoms with E-state index >= 15 is 0 Å². The molecule has 0 heterocycles. The van der Waals surface area contributed by atoms with Gasteiger partial charge < -0.3 is 26.2 Å². The van der Waals surface area contributed by atoms with E-state index in [-0.39, 0.29) is 24.7 Å². The van der Waals surface area contributed by atoms with Crippen LogP contribution in [-0.4, -0.2) is 41.7 Å². The molecule has 1 aliphatic rings. The smallest absolute Gasteiger partial charge is 0.327 e. The molecule has 1 saturated carbocycles. The van der Waals surface area contributed by atoms with Gasteiger partial charge in [-0.1, -0.05) is 29.8 Å². The average molecular weight is 430 g/mol. The van der Waals surface area contributed by atoms with Crippen LogP contribution in [0.5, 0.6) is 5.75 Å². The number of nitrogens with one attached hydrogen (secondary N) is 3. The van der Waals surface area contributed by atoms with Crippen molar-refractivity contribution in [1.82, 2.24) is 16.0 Å². The summed E-state index contributed by atoms with van der Waals surface area (Å²) >= 11 is 6.47. The minimum atomic E-state index is -0.956. The van der Waals surface area contributed by atoms with E-state index in [1.54, 1.807) is 49.5 Å². The maximum Gasteiger partial charge on any atom is 0.327 e. The molecule has 1 amide bonds. The van der Waals surface area contributed by atoms with Crippen molar-refractivity contribution in [3.05, 3.63) is 69.8 Å². The fourth-order valence-electron chi connectivity index (χ4n) is 3.07. The van der Waals surface area contributed by atoms with Gasteiger partial charge in [0.15, 0.2) is 0 Å². The van der Waals surface area contributed by atoms with Crippen molar-refractivity contribution in [2.45, 2.75) is 25.4 Å². The molecule has 0 aromatic heterocycles. The van der Waals surface area contributed by atoms with E-state index in [1.165, 1.54) is 0 Å². The number of aromatic hydroxyl groups is 1. The highest BCUT2D eigenvalue weighted by Gasteiger charge is 2.26. The van der Waals surface area contributed by atoms with Gasteiger partial charge in [-0.25, -0.2) is 4.79 Å². The molecule has 158 valence electrons. The van der Waals surface area contributed by atoms with Crippen LogP contribution >= 0.6 is 11.6 Å². The maximum absolute atomic E-state index is 12.5. The SMILES string of the molecule is CNCC(NC(=C1CC1)c1ccc(C(=O)NCc2cccc(O)c2)cc1Cl)C(=O)O. The predicted molar refractivity (Wildman–Crippen MR) is 115 cm³/mol. The molecular formula is C22H24ClN3O4. The summed E-state index contributed by atoms with van der Waals surface area (Å²) in [5.41, 5.74) is 3.68. The number of phenols is 1. The Labute approximate surface area is 179 Å². The van der Waals surface area contributed by atoms with Crippen molar-refractivity contribution >= 4 is 29.2 Å². The van der Waals surface area contributed by atoms with E-state index in [0.717, 1.165) is 29.7 Å². The zero-order chi connectivity index (χ0) is 21.7. The third-order valence-corrected chi connectivity index (χ3v) is 5.06. The molecule has 30 heavy (non-hydrogen) atoms. The van der Waals surface area contributed by atoms with Gasteiger partial charge in [0.1, 0.15) is 11.8 Å². The molecule has 1 atom stereocenters. The number of carbonyl (C=O) groups is 2. The minimum absolute atomic E-state index is 0.139. The summed E-state index contributed by atoms with van der Waals surface area (Å²) in [5.74, 6) is -1.11. The zero-order valence-corrected chi connectivity index (χ0v) is 17.3. The molecule has 2 aromatic rings. The largest absolute Gasteiger partial charge is 0.508 e. The molecule has 0 bridgehead atoms. The van der Waals surface area contributed by atoms with Gasteiger partial charge in [0.05, 0.1) is 5.02 Å². The lowest BCUT2D eigenvalue weighted by Crippen LogP contribution is -2.42. The van der Waals surface area contributed by atoms with E-state index < -0.39 is 12.0 Å². The van der Waals surface area contributed by atoms with Crippen LogP contribution in [0, 0.1) is 0 Å². The number of amides is 1. The molecule has 0 saturated heterocycles. The zero-order valence-electron chi connectivity index (χ0n) is 16.5. The van der Waals surface area contributed by atoms with E-state index in [1.807, 2.05) is 0 Å². The van der Waals surface area contributed by atoms with Crippen LogP contribution in [0.3, 0.4) is 0 Å². The fraction of sp³-hybridized carbons (Fsp3) is 0.273. The summed E-state index contributed by atoms with van der Waals surface area (Å²) in [6.07, 6.45) is 1.77. The van der Waals surface area contributed by atoms with E-state index in [9.17, 15) is 19.8 Å². The van der Waals surface area contributed by atoms with Gasteiger partial charge in [-0.2, -0.15) is 0 Å². The topological polar surface area (TPSA) is 111 Å². The Morgan fingerprint density at radius 2 is 1.93 bits per heavy atom. The van der Waals surface area contributed by atoms with Crippen LogP contribution < -0.4 is 16.0 Å². The number of hydrogen-bond donors (Lipinski definition) is 5. The quantitative estimate of drug-likeness (QED) is 0.419. The lowest BCUT2D eigenvalue weighted by Gasteiger charge is -2.19. The van der Waals surface area contributed by atoms with Crippen molar-refractivity contribution in [2.75, 3.05) is 13.6 Å².